The molecule has 3 aliphatic heterocycles. The summed E-state index contributed by atoms with van der Waals surface area (Å²) in [4.78, 5) is 44.6. The zero-order valence-corrected chi connectivity index (χ0v) is 25.3. The highest BCUT2D eigenvalue weighted by Gasteiger charge is 2.80. The van der Waals surface area contributed by atoms with Gasteiger partial charge in [0.15, 0.2) is 0 Å². The van der Waals surface area contributed by atoms with Gasteiger partial charge in [-0.25, -0.2) is 0 Å². The van der Waals surface area contributed by atoms with Crippen molar-refractivity contribution >= 4 is 23.4 Å². The second-order valence-electron chi connectivity index (χ2n) is 12.8. The Bertz CT molecular complexity index is 1350. The molecule has 2 aromatic rings. The number of nitrogens with one attached hydrogen (secondary N) is 2. The van der Waals surface area contributed by atoms with Crippen molar-refractivity contribution in [3.8, 4) is 5.75 Å². The maximum absolute atomic E-state index is 14.6. The van der Waals surface area contributed by atoms with Crippen molar-refractivity contribution in [3.05, 3.63) is 60.2 Å². The van der Waals surface area contributed by atoms with Crippen LogP contribution in [-0.2, 0) is 19.1 Å². The fourth-order valence-electron chi connectivity index (χ4n) is 8.29. The molecule has 230 valence electrons. The molecule has 43 heavy (non-hydrogen) atoms. The van der Waals surface area contributed by atoms with E-state index in [0.717, 1.165) is 37.7 Å². The van der Waals surface area contributed by atoms with Gasteiger partial charge in [0.25, 0.3) is 0 Å². The average Bonchev–Trinajstić information content (AvgIpc) is 3.52. The Morgan fingerprint density at radius 3 is 2.42 bits per heavy atom. The first-order valence-electron chi connectivity index (χ1n) is 15.8. The summed E-state index contributed by atoms with van der Waals surface area (Å²) in [6, 6.07) is 14.7. The maximum atomic E-state index is 14.6. The fourth-order valence-corrected chi connectivity index (χ4v) is 8.29. The lowest BCUT2D eigenvalue weighted by molar-refractivity contribution is -0.150. The van der Waals surface area contributed by atoms with Crippen LogP contribution in [0.15, 0.2) is 54.6 Å². The molecular weight excluding hydrogens is 546 g/mol. The molecule has 1 saturated carbocycles. The smallest absolute Gasteiger partial charge is 0.246 e. The van der Waals surface area contributed by atoms with Crippen LogP contribution in [0.2, 0.25) is 0 Å². The topological polar surface area (TPSA) is 117 Å². The van der Waals surface area contributed by atoms with E-state index in [4.69, 9.17) is 9.47 Å². The first-order chi connectivity index (χ1) is 20.7. The van der Waals surface area contributed by atoms with Gasteiger partial charge in [-0.2, -0.15) is 0 Å². The number of benzene rings is 2. The Hall–Kier alpha value is -3.43. The summed E-state index contributed by atoms with van der Waals surface area (Å²) in [5.74, 6) is -1.96. The fraction of sp³-hybridized carbons (Fsp3) is 0.559. The predicted octanol–water partition coefficient (Wildman–Crippen LogP) is 4.22. The minimum absolute atomic E-state index is 0.0309. The molecule has 3 saturated heterocycles. The number of amides is 3. The van der Waals surface area contributed by atoms with E-state index in [-0.39, 0.29) is 36.3 Å². The highest BCUT2D eigenvalue weighted by atomic mass is 16.5. The zero-order chi connectivity index (χ0) is 30.4. The van der Waals surface area contributed by atoms with Gasteiger partial charge in [0.2, 0.25) is 17.7 Å². The van der Waals surface area contributed by atoms with E-state index in [9.17, 15) is 19.5 Å². The van der Waals surface area contributed by atoms with E-state index in [1.54, 1.807) is 24.3 Å². The van der Waals surface area contributed by atoms with Crippen molar-refractivity contribution in [2.24, 2.45) is 17.8 Å². The number of carbonyl (C=O) groups is 3. The second kappa shape index (κ2) is 11.6. The molecule has 6 rings (SSSR count). The highest BCUT2D eigenvalue weighted by Crippen LogP contribution is 2.66. The average molecular weight is 590 g/mol. The quantitative estimate of drug-likeness (QED) is 0.403. The molecule has 1 spiro atoms. The monoisotopic (exact) mass is 589 g/mol. The molecule has 0 radical (unpaired) electrons. The van der Waals surface area contributed by atoms with Gasteiger partial charge in [-0.1, -0.05) is 56.5 Å². The number of hydrogen-bond acceptors (Lipinski definition) is 6. The summed E-state index contributed by atoms with van der Waals surface area (Å²) in [6.45, 7) is 6.03. The van der Waals surface area contributed by atoms with Crippen LogP contribution < -0.4 is 15.4 Å². The summed E-state index contributed by atoms with van der Waals surface area (Å²) in [5, 5.41) is 17.0. The molecule has 3 heterocycles. The van der Waals surface area contributed by atoms with Gasteiger partial charge in [0.1, 0.15) is 17.4 Å². The highest BCUT2D eigenvalue weighted by molar-refractivity contribution is 6.02. The number of fused-ring (bicyclic) bond motifs is 1. The normalized spacial score (nSPS) is 32.4. The van der Waals surface area contributed by atoms with Gasteiger partial charge in [-0.3, -0.25) is 14.4 Å². The van der Waals surface area contributed by atoms with Crippen molar-refractivity contribution in [1.29, 1.82) is 0 Å². The summed E-state index contributed by atoms with van der Waals surface area (Å²) in [5.41, 5.74) is -0.804. The summed E-state index contributed by atoms with van der Waals surface area (Å²) < 4.78 is 12.4. The number of nitrogens with zero attached hydrogens (tertiary/aromatic N) is 1. The Morgan fingerprint density at radius 2 is 1.77 bits per heavy atom. The number of carbonyl (C=O) groups excluding carboxylic acids is 3. The van der Waals surface area contributed by atoms with Crippen LogP contribution in [0.5, 0.6) is 5.75 Å². The SMILES string of the molecule is CCOc1ccc(NC(=O)[C@H]2[C@H]3C(=O)N([C@H](CO)c4ccccc4)C(C(=O)NC4CCCCC4)C34CC(C)[C@]2(C)O4)cc1. The first kappa shape index (κ1) is 29.6. The molecule has 7 atom stereocenters. The van der Waals surface area contributed by atoms with E-state index < -0.39 is 35.1 Å². The molecule has 4 aliphatic rings. The molecule has 3 amide bonds. The molecule has 3 N–H and O–H groups in total. The minimum atomic E-state index is -1.19. The molecule has 9 heteroatoms. The Morgan fingerprint density at radius 1 is 1.07 bits per heavy atom. The predicted molar refractivity (Wildman–Crippen MR) is 161 cm³/mol. The molecule has 0 aromatic heterocycles. The third-order valence-electron chi connectivity index (χ3n) is 10.4. The summed E-state index contributed by atoms with van der Waals surface area (Å²) in [7, 11) is 0. The van der Waals surface area contributed by atoms with Gasteiger partial charge in [0, 0.05) is 11.7 Å². The molecule has 9 nitrogen and oxygen atoms in total. The molecule has 2 bridgehead atoms. The third kappa shape index (κ3) is 4.90. The van der Waals surface area contributed by atoms with Crippen LogP contribution in [-0.4, -0.2) is 64.2 Å². The van der Waals surface area contributed by atoms with Crippen molar-refractivity contribution < 1.29 is 29.0 Å². The van der Waals surface area contributed by atoms with Crippen LogP contribution in [0, 0.1) is 17.8 Å². The van der Waals surface area contributed by atoms with Crippen LogP contribution >= 0.6 is 0 Å². The van der Waals surface area contributed by atoms with E-state index in [1.165, 1.54) is 4.90 Å². The van der Waals surface area contributed by atoms with Gasteiger partial charge in [-0.15, -0.1) is 0 Å². The van der Waals surface area contributed by atoms with Crippen LogP contribution in [0.3, 0.4) is 0 Å². The van der Waals surface area contributed by atoms with E-state index in [1.807, 2.05) is 51.1 Å². The number of aliphatic hydroxyl groups is 1. The number of anilines is 1. The molecule has 3 unspecified atom stereocenters. The lowest BCUT2D eigenvalue weighted by Crippen LogP contribution is -2.58. The molecule has 1 aliphatic carbocycles. The third-order valence-corrected chi connectivity index (χ3v) is 10.4. The van der Waals surface area contributed by atoms with Gasteiger partial charge in [-0.05, 0) is 68.9 Å². The Labute approximate surface area is 253 Å². The van der Waals surface area contributed by atoms with E-state index >= 15 is 0 Å². The van der Waals surface area contributed by atoms with Crippen molar-refractivity contribution in [2.75, 3.05) is 18.5 Å². The number of rotatable bonds is 9. The molecule has 2 aromatic carbocycles. The first-order valence-corrected chi connectivity index (χ1v) is 15.8. The van der Waals surface area contributed by atoms with Crippen LogP contribution in [0.25, 0.3) is 0 Å². The van der Waals surface area contributed by atoms with E-state index in [0.29, 0.717) is 24.5 Å². The standard InChI is InChI=1S/C34H43N3O6/c1-4-42-25-17-15-24(16-18-25)35-30(39)27-28-32(41)37(26(20-38)22-11-7-5-8-12-22)29(31(40)36-23-13-9-6-10-14-23)34(28)19-21(2)33(27,3)43-34/h5,7-8,11-12,15-18,21,23,26-29,38H,4,6,9-10,13-14,19-20H2,1-3H3,(H,35,39)(H,36,40)/t21?,26-,27-,28+,29?,33+,34?/m1/s1. The lowest BCUT2D eigenvalue weighted by atomic mass is 9.62. The van der Waals surface area contributed by atoms with E-state index in [2.05, 4.69) is 10.6 Å². The minimum Gasteiger partial charge on any atom is -0.494 e. The van der Waals surface area contributed by atoms with Crippen molar-refractivity contribution in [1.82, 2.24) is 10.2 Å². The van der Waals surface area contributed by atoms with Gasteiger partial charge in [0.05, 0.1) is 36.7 Å². The number of hydrogen-bond donors (Lipinski definition) is 3. The van der Waals surface area contributed by atoms with Crippen LogP contribution in [0.1, 0.15) is 70.9 Å². The Kier molecular flexibility index (Phi) is 7.98. The second-order valence-corrected chi connectivity index (χ2v) is 12.8. The maximum Gasteiger partial charge on any atom is 0.246 e. The largest absolute Gasteiger partial charge is 0.494 e. The van der Waals surface area contributed by atoms with Crippen LogP contribution in [0.4, 0.5) is 5.69 Å². The number of aliphatic hydroxyl groups excluding tert-OH is 1. The van der Waals surface area contributed by atoms with Gasteiger partial charge < -0.3 is 30.1 Å². The Balaban J connectivity index is 1.38. The van der Waals surface area contributed by atoms with Gasteiger partial charge >= 0.3 is 0 Å². The lowest BCUT2D eigenvalue weighted by Gasteiger charge is -2.38. The number of likely N-dealkylation sites (tertiary alicyclic amines) is 1. The zero-order valence-electron chi connectivity index (χ0n) is 25.3. The summed E-state index contributed by atoms with van der Waals surface area (Å²) in [6.07, 6.45) is 5.51. The van der Waals surface area contributed by atoms with Crippen molar-refractivity contribution in [2.45, 2.75) is 88.6 Å². The molecule has 4 fully saturated rings. The number of ether oxygens (including phenoxy) is 2. The van der Waals surface area contributed by atoms with Crippen molar-refractivity contribution in [3.63, 3.8) is 0 Å². The summed E-state index contributed by atoms with van der Waals surface area (Å²) >= 11 is 0. The molecular formula is C34H43N3O6.